The van der Waals surface area contributed by atoms with Crippen molar-refractivity contribution in [2.45, 2.75) is 6.42 Å². The van der Waals surface area contributed by atoms with E-state index in [1.54, 1.807) is 0 Å². The number of rotatable bonds is 7. The number of hydrogen-bond acceptors (Lipinski definition) is 4. The van der Waals surface area contributed by atoms with E-state index in [4.69, 9.17) is 9.84 Å². The summed E-state index contributed by atoms with van der Waals surface area (Å²) in [6.07, 6.45) is 0.306. The Labute approximate surface area is 95.2 Å². The Morgan fingerprint density at radius 1 is 1.25 bits per heavy atom. The maximum atomic E-state index is 11.3. The number of esters is 1. The molecule has 88 valence electrons. The minimum atomic E-state index is -0.225. The van der Waals surface area contributed by atoms with Crippen molar-refractivity contribution in [1.29, 1.82) is 0 Å². The molecule has 0 aromatic heterocycles. The summed E-state index contributed by atoms with van der Waals surface area (Å²) in [5.74, 6) is -0.225. The normalized spacial score (nSPS) is 10.1. The number of aliphatic hydroxyl groups excluding tert-OH is 1. The molecule has 0 aliphatic rings. The van der Waals surface area contributed by atoms with Gasteiger partial charge in [-0.05, 0) is 5.56 Å². The molecular weight excluding hydrogens is 206 g/mol. The van der Waals surface area contributed by atoms with Gasteiger partial charge in [0.2, 0.25) is 0 Å². The first kappa shape index (κ1) is 12.7. The van der Waals surface area contributed by atoms with Gasteiger partial charge in [0, 0.05) is 13.1 Å². The van der Waals surface area contributed by atoms with E-state index in [1.807, 2.05) is 30.3 Å². The van der Waals surface area contributed by atoms with Crippen LogP contribution in [0.25, 0.3) is 0 Å². The summed E-state index contributed by atoms with van der Waals surface area (Å²) in [4.78, 5) is 11.3. The van der Waals surface area contributed by atoms with Crippen LogP contribution in [0, 0.1) is 0 Å². The first-order chi connectivity index (χ1) is 7.83. The molecule has 1 rings (SSSR count). The Hall–Kier alpha value is -1.39. The highest BCUT2D eigenvalue weighted by molar-refractivity contribution is 5.72. The fourth-order valence-electron chi connectivity index (χ4n) is 1.25. The quantitative estimate of drug-likeness (QED) is 0.517. The predicted octanol–water partition coefficient (Wildman–Crippen LogP) is 0.354. The zero-order chi connectivity index (χ0) is 11.6. The van der Waals surface area contributed by atoms with E-state index in [9.17, 15) is 4.79 Å². The first-order valence-electron chi connectivity index (χ1n) is 5.34. The van der Waals surface area contributed by atoms with Crippen molar-refractivity contribution in [1.82, 2.24) is 5.32 Å². The Kier molecular flexibility index (Phi) is 6.22. The van der Waals surface area contributed by atoms with Gasteiger partial charge >= 0.3 is 5.97 Å². The summed E-state index contributed by atoms with van der Waals surface area (Å²) in [5.41, 5.74) is 0.954. The molecule has 0 radical (unpaired) electrons. The molecule has 0 heterocycles. The zero-order valence-corrected chi connectivity index (χ0v) is 9.19. The fourth-order valence-corrected chi connectivity index (χ4v) is 1.25. The van der Waals surface area contributed by atoms with Crippen LogP contribution < -0.4 is 5.32 Å². The van der Waals surface area contributed by atoms with Crippen molar-refractivity contribution in [3.63, 3.8) is 0 Å². The van der Waals surface area contributed by atoms with Crippen molar-refractivity contribution in [2.75, 3.05) is 26.3 Å². The lowest BCUT2D eigenvalue weighted by Gasteiger charge is -2.05. The molecule has 4 nitrogen and oxygen atoms in total. The summed E-state index contributed by atoms with van der Waals surface area (Å²) >= 11 is 0. The van der Waals surface area contributed by atoms with Crippen LogP contribution in [-0.4, -0.2) is 37.4 Å². The second-order valence-electron chi connectivity index (χ2n) is 3.36. The molecule has 2 N–H and O–H groups in total. The molecule has 16 heavy (non-hydrogen) atoms. The van der Waals surface area contributed by atoms with Gasteiger partial charge in [-0.25, -0.2) is 0 Å². The highest BCUT2D eigenvalue weighted by Crippen LogP contribution is 2.00. The Morgan fingerprint density at radius 3 is 2.69 bits per heavy atom. The number of nitrogens with one attached hydrogen (secondary N) is 1. The molecule has 1 aromatic carbocycles. The third kappa shape index (κ3) is 5.48. The molecule has 0 bridgehead atoms. The number of benzene rings is 1. The summed E-state index contributed by atoms with van der Waals surface area (Å²) in [6.45, 7) is 1.53. The lowest BCUT2D eigenvalue weighted by Crippen LogP contribution is -2.24. The molecule has 0 amide bonds. The van der Waals surface area contributed by atoms with Crippen LogP contribution in [0.5, 0.6) is 0 Å². The van der Waals surface area contributed by atoms with Crippen LogP contribution in [0.2, 0.25) is 0 Å². The van der Waals surface area contributed by atoms with Crippen molar-refractivity contribution >= 4 is 5.97 Å². The average Bonchev–Trinajstić information content (AvgIpc) is 2.30. The van der Waals surface area contributed by atoms with Gasteiger partial charge in [-0.1, -0.05) is 30.3 Å². The molecular formula is C12H17NO3. The maximum Gasteiger partial charge on any atom is 0.310 e. The number of carbonyl (C=O) groups excluding carboxylic acids is 1. The van der Waals surface area contributed by atoms with Gasteiger partial charge < -0.3 is 15.2 Å². The van der Waals surface area contributed by atoms with Crippen LogP contribution >= 0.6 is 0 Å². The molecule has 0 saturated heterocycles. The summed E-state index contributed by atoms with van der Waals surface area (Å²) in [6, 6.07) is 9.49. The fraction of sp³-hybridized carbons (Fsp3) is 0.417. The lowest BCUT2D eigenvalue weighted by atomic mass is 10.2. The van der Waals surface area contributed by atoms with E-state index in [2.05, 4.69) is 5.32 Å². The standard InChI is InChI=1S/C12H17NO3/c14-8-6-13-7-9-16-12(15)10-11-4-2-1-3-5-11/h1-5,13-14H,6-10H2. The molecule has 0 aliphatic heterocycles. The van der Waals surface area contributed by atoms with Gasteiger partial charge in [0.15, 0.2) is 0 Å². The number of carbonyl (C=O) groups is 1. The van der Waals surface area contributed by atoms with E-state index < -0.39 is 0 Å². The van der Waals surface area contributed by atoms with Gasteiger partial charge in [0.25, 0.3) is 0 Å². The lowest BCUT2D eigenvalue weighted by molar-refractivity contribution is -0.142. The van der Waals surface area contributed by atoms with E-state index >= 15 is 0 Å². The van der Waals surface area contributed by atoms with Crippen LogP contribution in [0.3, 0.4) is 0 Å². The van der Waals surface area contributed by atoms with E-state index in [-0.39, 0.29) is 12.6 Å². The van der Waals surface area contributed by atoms with Crippen LogP contribution in [0.1, 0.15) is 5.56 Å². The summed E-state index contributed by atoms with van der Waals surface area (Å²) in [7, 11) is 0. The first-order valence-corrected chi connectivity index (χ1v) is 5.34. The second-order valence-corrected chi connectivity index (χ2v) is 3.36. The molecule has 4 heteroatoms. The van der Waals surface area contributed by atoms with Gasteiger partial charge in [0.05, 0.1) is 13.0 Å². The second kappa shape index (κ2) is 7.84. The van der Waals surface area contributed by atoms with E-state index in [1.165, 1.54) is 0 Å². The maximum absolute atomic E-state index is 11.3. The predicted molar refractivity (Wildman–Crippen MR) is 61.1 cm³/mol. The van der Waals surface area contributed by atoms with Crippen LogP contribution in [0.15, 0.2) is 30.3 Å². The summed E-state index contributed by atoms with van der Waals surface area (Å²) in [5, 5.41) is 11.4. The highest BCUT2D eigenvalue weighted by Gasteiger charge is 2.03. The minimum absolute atomic E-state index is 0.0952. The monoisotopic (exact) mass is 223 g/mol. The number of ether oxygens (including phenoxy) is 1. The zero-order valence-electron chi connectivity index (χ0n) is 9.19. The van der Waals surface area contributed by atoms with Crippen molar-refractivity contribution < 1.29 is 14.6 Å². The van der Waals surface area contributed by atoms with E-state index in [0.717, 1.165) is 5.56 Å². The van der Waals surface area contributed by atoms with E-state index in [0.29, 0.717) is 26.1 Å². The van der Waals surface area contributed by atoms with Crippen molar-refractivity contribution in [3.05, 3.63) is 35.9 Å². The smallest absolute Gasteiger partial charge is 0.310 e. The van der Waals surface area contributed by atoms with Gasteiger partial charge in [-0.3, -0.25) is 4.79 Å². The topological polar surface area (TPSA) is 58.6 Å². The molecule has 0 fully saturated rings. The van der Waals surface area contributed by atoms with Gasteiger partial charge in [-0.15, -0.1) is 0 Å². The molecule has 0 saturated carbocycles. The Balaban J connectivity index is 2.12. The van der Waals surface area contributed by atoms with Crippen LogP contribution in [0.4, 0.5) is 0 Å². The molecule has 0 spiro atoms. The molecule has 0 aliphatic carbocycles. The average molecular weight is 223 g/mol. The van der Waals surface area contributed by atoms with Crippen molar-refractivity contribution in [3.8, 4) is 0 Å². The highest BCUT2D eigenvalue weighted by atomic mass is 16.5. The van der Waals surface area contributed by atoms with Gasteiger partial charge in [0.1, 0.15) is 6.61 Å². The molecule has 0 atom stereocenters. The van der Waals surface area contributed by atoms with Crippen molar-refractivity contribution in [2.24, 2.45) is 0 Å². The third-order valence-corrected chi connectivity index (χ3v) is 2.02. The van der Waals surface area contributed by atoms with Crippen LogP contribution in [-0.2, 0) is 16.0 Å². The Morgan fingerprint density at radius 2 is 2.00 bits per heavy atom. The largest absolute Gasteiger partial charge is 0.464 e. The summed E-state index contributed by atoms with van der Waals surface area (Å²) < 4.78 is 5.01. The molecule has 0 unspecified atom stereocenters. The minimum Gasteiger partial charge on any atom is -0.464 e. The van der Waals surface area contributed by atoms with Gasteiger partial charge in [-0.2, -0.15) is 0 Å². The Bertz CT molecular complexity index is 300. The third-order valence-electron chi connectivity index (χ3n) is 2.02. The molecule has 1 aromatic rings. The SMILES string of the molecule is O=C(Cc1ccccc1)OCCNCCO. The number of aliphatic hydroxyl groups is 1. The number of hydrogen-bond donors (Lipinski definition) is 2.